The van der Waals surface area contributed by atoms with Gasteiger partial charge in [-0.2, -0.15) is 0 Å². The number of benzene rings is 1. The van der Waals surface area contributed by atoms with Gasteiger partial charge in [-0.15, -0.1) is 0 Å². The van der Waals surface area contributed by atoms with Crippen molar-refractivity contribution in [3.63, 3.8) is 0 Å². The van der Waals surface area contributed by atoms with E-state index < -0.39 is 0 Å². The van der Waals surface area contributed by atoms with Crippen LogP contribution in [0.2, 0.25) is 0 Å². The van der Waals surface area contributed by atoms with Crippen LogP contribution < -0.4 is 5.32 Å². The Bertz CT molecular complexity index is 607. The molecule has 2 aliphatic heterocycles. The van der Waals surface area contributed by atoms with Crippen molar-refractivity contribution < 1.29 is 9.59 Å². The number of rotatable bonds is 3. The molecule has 6 heteroatoms. The summed E-state index contributed by atoms with van der Waals surface area (Å²) in [4.78, 5) is 30.0. The number of urea groups is 1. The molecular formula is C19H28N4O2. The van der Waals surface area contributed by atoms with E-state index >= 15 is 0 Å². The number of piperazine rings is 1. The predicted octanol–water partition coefficient (Wildman–Crippen LogP) is 1.52. The number of nitrogens with zero attached hydrogens (tertiary/aromatic N) is 3. The lowest BCUT2D eigenvalue weighted by molar-refractivity contribution is -0.133. The van der Waals surface area contributed by atoms with Crippen LogP contribution in [-0.2, 0) is 11.3 Å². The van der Waals surface area contributed by atoms with Gasteiger partial charge in [0.2, 0.25) is 5.91 Å². The van der Waals surface area contributed by atoms with E-state index in [-0.39, 0.29) is 24.5 Å². The number of likely N-dealkylation sites (N-methyl/N-ethyl adjacent to an activating group) is 1. The minimum atomic E-state index is -0.102. The van der Waals surface area contributed by atoms with Crippen LogP contribution in [0.1, 0.15) is 25.3 Å². The van der Waals surface area contributed by atoms with E-state index in [0.29, 0.717) is 19.1 Å². The Hall–Kier alpha value is -2.08. The first-order valence-corrected chi connectivity index (χ1v) is 9.10. The van der Waals surface area contributed by atoms with Gasteiger partial charge in [-0.3, -0.25) is 9.69 Å². The maximum Gasteiger partial charge on any atom is 0.318 e. The molecule has 2 atom stereocenters. The molecule has 25 heavy (non-hydrogen) atoms. The zero-order valence-electron chi connectivity index (χ0n) is 15.1. The minimum Gasteiger partial charge on any atom is -0.342 e. The Balaban J connectivity index is 1.48. The molecule has 1 aromatic rings. The maximum absolute atomic E-state index is 12.4. The lowest BCUT2D eigenvalue weighted by Gasteiger charge is -2.39. The predicted molar refractivity (Wildman–Crippen MR) is 97.1 cm³/mol. The van der Waals surface area contributed by atoms with Crippen LogP contribution in [0.4, 0.5) is 4.79 Å². The number of nitrogens with one attached hydrogen (secondary N) is 1. The fourth-order valence-corrected chi connectivity index (χ4v) is 3.60. The lowest BCUT2D eigenvalue weighted by Crippen LogP contribution is -2.56. The number of hydrogen-bond acceptors (Lipinski definition) is 3. The topological polar surface area (TPSA) is 55.9 Å². The van der Waals surface area contributed by atoms with Crippen LogP contribution in [0, 0.1) is 0 Å². The van der Waals surface area contributed by atoms with Gasteiger partial charge in [0.25, 0.3) is 0 Å². The summed E-state index contributed by atoms with van der Waals surface area (Å²) in [6.45, 7) is 5.55. The monoisotopic (exact) mass is 344 g/mol. The number of amides is 3. The Kier molecular flexibility index (Phi) is 5.58. The fraction of sp³-hybridized carbons (Fsp3) is 0.579. The van der Waals surface area contributed by atoms with Crippen LogP contribution in [0.5, 0.6) is 0 Å². The second-order valence-corrected chi connectivity index (χ2v) is 7.21. The van der Waals surface area contributed by atoms with Gasteiger partial charge in [0.1, 0.15) is 6.54 Å². The highest BCUT2D eigenvalue weighted by molar-refractivity contribution is 5.85. The summed E-state index contributed by atoms with van der Waals surface area (Å²) in [5.74, 6) is 0.00690. The summed E-state index contributed by atoms with van der Waals surface area (Å²) >= 11 is 0. The molecule has 0 radical (unpaired) electrons. The van der Waals surface area contributed by atoms with Crippen LogP contribution in [-0.4, -0.2) is 71.9 Å². The van der Waals surface area contributed by atoms with Gasteiger partial charge in [0.15, 0.2) is 0 Å². The highest BCUT2D eigenvalue weighted by Crippen LogP contribution is 2.20. The molecule has 2 fully saturated rings. The summed E-state index contributed by atoms with van der Waals surface area (Å²) in [5, 5.41) is 3.13. The molecule has 0 saturated carbocycles. The molecule has 0 aromatic heterocycles. The van der Waals surface area contributed by atoms with Gasteiger partial charge < -0.3 is 15.1 Å². The van der Waals surface area contributed by atoms with Crippen molar-refractivity contribution in [1.82, 2.24) is 20.0 Å². The first-order valence-electron chi connectivity index (χ1n) is 9.10. The van der Waals surface area contributed by atoms with Crippen molar-refractivity contribution in [2.75, 3.05) is 33.2 Å². The Morgan fingerprint density at radius 2 is 1.96 bits per heavy atom. The lowest BCUT2D eigenvalue weighted by atomic mass is 9.97. The highest BCUT2D eigenvalue weighted by atomic mass is 16.2. The van der Waals surface area contributed by atoms with Crippen LogP contribution in [0.25, 0.3) is 0 Å². The standard InChI is InChI=1S/C19H28N4O2/c1-15-12-17(8-9-22(15)13-16-6-4-3-5-7-16)20-19(25)23-11-10-21(2)18(24)14-23/h3-7,15,17H,8-14H2,1-2H3,(H,20,25)/t15-,17+/m0/s1. The van der Waals surface area contributed by atoms with Crippen molar-refractivity contribution in [3.05, 3.63) is 35.9 Å². The average molecular weight is 344 g/mol. The summed E-state index contributed by atoms with van der Waals surface area (Å²) < 4.78 is 0. The molecule has 0 bridgehead atoms. The maximum atomic E-state index is 12.4. The fourth-order valence-electron chi connectivity index (χ4n) is 3.60. The van der Waals surface area contributed by atoms with Gasteiger partial charge in [-0.25, -0.2) is 4.79 Å². The number of likely N-dealkylation sites (tertiary alicyclic amines) is 1. The van der Waals surface area contributed by atoms with Gasteiger partial charge in [0.05, 0.1) is 0 Å². The Morgan fingerprint density at radius 3 is 2.64 bits per heavy atom. The second-order valence-electron chi connectivity index (χ2n) is 7.21. The van der Waals surface area contributed by atoms with Crippen molar-refractivity contribution in [2.45, 2.75) is 38.4 Å². The molecule has 2 heterocycles. The van der Waals surface area contributed by atoms with Gasteiger partial charge in [-0.05, 0) is 25.3 Å². The van der Waals surface area contributed by atoms with Gasteiger partial charge in [0, 0.05) is 45.3 Å². The molecule has 0 unspecified atom stereocenters. The third-order valence-corrected chi connectivity index (χ3v) is 5.31. The van der Waals surface area contributed by atoms with E-state index in [1.54, 1.807) is 16.8 Å². The largest absolute Gasteiger partial charge is 0.342 e. The smallest absolute Gasteiger partial charge is 0.318 e. The van der Waals surface area contributed by atoms with Crippen molar-refractivity contribution in [3.8, 4) is 0 Å². The van der Waals surface area contributed by atoms with Crippen molar-refractivity contribution >= 4 is 11.9 Å². The molecule has 0 aliphatic carbocycles. The average Bonchev–Trinajstić information content (AvgIpc) is 2.60. The third-order valence-electron chi connectivity index (χ3n) is 5.31. The zero-order chi connectivity index (χ0) is 17.8. The third kappa shape index (κ3) is 4.51. The molecule has 2 saturated heterocycles. The molecular weight excluding hydrogens is 316 g/mol. The number of carbonyl (C=O) groups is 2. The normalized spacial score (nSPS) is 25.1. The number of hydrogen-bond donors (Lipinski definition) is 1. The number of carbonyl (C=O) groups excluding carboxylic acids is 2. The highest BCUT2D eigenvalue weighted by Gasteiger charge is 2.30. The first kappa shape index (κ1) is 17.7. The van der Waals surface area contributed by atoms with Gasteiger partial charge >= 0.3 is 6.03 Å². The van der Waals surface area contributed by atoms with E-state index in [2.05, 4.69) is 41.4 Å². The van der Waals surface area contributed by atoms with Gasteiger partial charge in [-0.1, -0.05) is 30.3 Å². The van der Waals surface area contributed by atoms with E-state index in [9.17, 15) is 9.59 Å². The molecule has 2 aliphatic rings. The van der Waals surface area contributed by atoms with E-state index in [1.807, 2.05) is 6.07 Å². The van der Waals surface area contributed by atoms with Crippen molar-refractivity contribution in [1.29, 1.82) is 0 Å². The van der Waals surface area contributed by atoms with Crippen LogP contribution >= 0.6 is 0 Å². The van der Waals surface area contributed by atoms with Crippen LogP contribution in [0.3, 0.4) is 0 Å². The van der Waals surface area contributed by atoms with Crippen molar-refractivity contribution in [2.24, 2.45) is 0 Å². The molecule has 0 spiro atoms. The molecule has 3 rings (SSSR count). The summed E-state index contributed by atoms with van der Waals surface area (Å²) in [6.07, 6.45) is 1.89. The van der Waals surface area contributed by atoms with E-state index in [0.717, 1.165) is 25.9 Å². The summed E-state index contributed by atoms with van der Waals surface area (Å²) in [7, 11) is 1.78. The molecule has 1 N–H and O–H groups in total. The van der Waals surface area contributed by atoms with Crippen LogP contribution in [0.15, 0.2) is 30.3 Å². The Labute approximate surface area is 149 Å². The minimum absolute atomic E-state index is 0.00690. The SMILES string of the molecule is C[C@H]1C[C@H](NC(=O)N2CCN(C)C(=O)C2)CCN1Cc1ccccc1. The van der Waals surface area contributed by atoms with E-state index in [4.69, 9.17) is 0 Å². The summed E-state index contributed by atoms with van der Waals surface area (Å²) in [5.41, 5.74) is 1.33. The molecule has 1 aromatic carbocycles. The second kappa shape index (κ2) is 7.87. The molecule has 3 amide bonds. The quantitative estimate of drug-likeness (QED) is 0.905. The zero-order valence-corrected chi connectivity index (χ0v) is 15.1. The number of piperidine rings is 1. The first-order chi connectivity index (χ1) is 12.0. The molecule has 6 nitrogen and oxygen atoms in total. The summed E-state index contributed by atoms with van der Waals surface area (Å²) in [6, 6.07) is 11.0. The van der Waals surface area contributed by atoms with E-state index in [1.165, 1.54) is 5.56 Å². The molecule has 136 valence electrons. The Morgan fingerprint density at radius 1 is 1.20 bits per heavy atom.